The second-order valence-corrected chi connectivity index (χ2v) is 14.3. The summed E-state index contributed by atoms with van der Waals surface area (Å²) in [5.74, 6) is 0. The van der Waals surface area contributed by atoms with Crippen LogP contribution in [-0.4, -0.2) is 0 Å². The molecule has 2 heteroatoms. The minimum atomic E-state index is 0.921. The maximum absolute atomic E-state index is 6.49. The highest BCUT2D eigenvalue weighted by Gasteiger charge is 2.17. The first-order chi connectivity index (χ1) is 24.8. The molecule has 0 aliphatic rings. The fourth-order valence-electron chi connectivity index (χ4n) is 8.10. The van der Waals surface area contributed by atoms with Gasteiger partial charge in [-0.1, -0.05) is 133 Å². The lowest BCUT2D eigenvalue weighted by Gasteiger charge is -2.18. The van der Waals surface area contributed by atoms with Gasteiger partial charge in [0.2, 0.25) is 0 Å². The molecule has 0 aliphatic heterocycles. The average molecular weight is 653 g/mol. The Morgan fingerprint density at radius 3 is 1.60 bits per heavy atom. The van der Waals surface area contributed by atoms with Crippen LogP contribution in [-0.2, 0) is 0 Å². The van der Waals surface area contributed by atoms with E-state index in [9.17, 15) is 0 Å². The van der Waals surface area contributed by atoms with E-state index in [-0.39, 0.29) is 0 Å². The van der Waals surface area contributed by atoms with Crippen LogP contribution >= 0.6 is 11.3 Å². The molecule has 0 bridgehead atoms. The van der Waals surface area contributed by atoms with Crippen LogP contribution in [0.15, 0.2) is 174 Å². The van der Waals surface area contributed by atoms with Crippen molar-refractivity contribution in [1.82, 2.24) is 0 Å². The zero-order valence-electron chi connectivity index (χ0n) is 27.0. The molecule has 50 heavy (non-hydrogen) atoms. The number of hydrogen-bond donors (Lipinski definition) is 0. The van der Waals surface area contributed by atoms with Crippen molar-refractivity contribution in [3.63, 3.8) is 0 Å². The lowest BCUT2D eigenvalue weighted by atomic mass is 9.85. The standard InChI is InChI=1S/C48H28OS/c1-2-10-32-25-34(22-19-29(32)9-1)48-39-14-5-3-12-37(39)47(38-13-4-6-15-40(38)48)31-20-17-30(18-21-31)33-23-24-35-41-27-42-36-11-7-8-16-45(36)50-46(42)28-44(41)49-43(35)26-33/h1-28H. The predicted molar refractivity (Wildman–Crippen MR) is 215 cm³/mol. The molecule has 1 nitrogen and oxygen atoms in total. The first-order valence-corrected chi connectivity index (χ1v) is 17.9. The van der Waals surface area contributed by atoms with Crippen molar-refractivity contribution in [2.75, 3.05) is 0 Å². The van der Waals surface area contributed by atoms with E-state index in [4.69, 9.17) is 4.42 Å². The van der Waals surface area contributed by atoms with Gasteiger partial charge in [-0.25, -0.2) is 0 Å². The van der Waals surface area contributed by atoms with E-state index < -0.39 is 0 Å². The van der Waals surface area contributed by atoms with Crippen LogP contribution in [0.1, 0.15) is 0 Å². The molecule has 11 aromatic rings. The molecule has 2 aromatic heterocycles. The van der Waals surface area contributed by atoms with E-state index in [0.29, 0.717) is 0 Å². The molecule has 0 radical (unpaired) electrons. The van der Waals surface area contributed by atoms with Gasteiger partial charge in [0.1, 0.15) is 11.2 Å². The highest BCUT2D eigenvalue weighted by molar-refractivity contribution is 7.25. The summed E-state index contributed by atoms with van der Waals surface area (Å²) in [5.41, 5.74) is 9.20. The van der Waals surface area contributed by atoms with Gasteiger partial charge in [-0.3, -0.25) is 0 Å². The SMILES string of the molecule is c1ccc2cc(-c3c4ccccc4c(-c4ccc(-c5ccc6c(c5)oc5cc7sc8ccccc8c7cc56)cc4)c4ccccc34)ccc2c1. The number of fused-ring (bicyclic) bond motifs is 9. The van der Waals surface area contributed by atoms with Crippen LogP contribution in [0.25, 0.3) is 108 Å². The fourth-order valence-corrected chi connectivity index (χ4v) is 9.22. The van der Waals surface area contributed by atoms with E-state index in [2.05, 4.69) is 170 Å². The maximum atomic E-state index is 6.49. The van der Waals surface area contributed by atoms with E-state index >= 15 is 0 Å². The molecule has 11 rings (SSSR count). The van der Waals surface area contributed by atoms with Crippen LogP contribution in [0.4, 0.5) is 0 Å². The lowest BCUT2D eigenvalue weighted by Crippen LogP contribution is -1.91. The Morgan fingerprint density at radius 2 is 0.860 bits per heavy atom. The second-order valence-electron chi connectivity index (χ2n) is 13.2. The van der Waals surface area contributed by atoms with Crippen molar-refractivity contribution >= 4 is 85.8 Å². The van der Waals surface area contributed by atoms with Gasteiger partial charge in [0.15, 0.2) is 0 Å². The third kappa shape index (κ3) is 4.13. The molecule has 2 heterocycles. The summed E-state index contributed by atoms with van der Waals surface area (Å²) in [6, 6.07) is 62.1. The summed E-state index contributed by atoms with van der Waals surface area (Å²) in [6.45, 7) is 0. The number of hydrogen-bond acceptors (Lipinski definition) is 2. The largest absolute Gasteiger partial charge is 0.456 e. The van der Waals surface area contributed by atoms with Gasteiger partial charge in [-0.2, -0.15) is 0 Å². The molecule has 0 saturated heterocycles. The molecule has 0 aliphatic carbocycles. The molecule has 232 valence electrons. The van der Waals surface area contributed by atoms with Gasteiger partial charge in [-0.05, 0) is 102 Å². The van der Waals surface area contributed by atoms with Gasteiger partial charge in [0.05, 0.1) is 0 Å². The van der Waals surface area contributed by atoms with E-state index in [1.165, 1.54) is 85.7 Å². The third-order valence-electron chi connectivity index (χ3n) is 10.4. The zero-order chi connectivity index (χ0) is 32.8. The minimum Gasteiger partial charge on any atom is -0.456 e. The molecular weight excluding hydrogens is 625 g/mol. The summed E-state index contributed by atoms with van der Waals surface area (Å²) in [5, 5.41) is 12.5. The highest BCUT2D eigenvalue weighted by atomic mass is 32.1. The molecule has 0 amide bonds. The Labute approximate surface area is 292 Å². The highest BCUT2D eigenvalue weighted by Crippen LogP contribution is 2.45. The van der Waals surface area contributed by atoms with E-state index in [1.807, 2.05) is 11.3 Å². The molecule has 9 aromatic carbocycles. The Morgan fingerprint density at radius 1 is 0.300 bits per heavy atom. The van der Waals surface area contributed by atoms with E-state index in [0.717, 1.165) is 22.1 Å². The summed E-state index contributed by atoms with van der Waals surface area (Å²) in [7, 11) is 0. The van der Waals surface area contributed by atoms with Crippen molar-refractivity contribution < 1.29 is 4.42 Å². The number of rotatable bonds is 3. The molecule has 0 atom stereocenters. The van der Waals surface area contributed by atoms with Crippen LogP contribution < -0.4 is 0 Å². The molecule has 0 spiro atoms. The van der Waals surface area contributed by atoms with Gasteiger partial charge in [0, 0.05) is 30.9 Å². The maximum Gasteiger partial charge on any atom is 0.136 e. The quantitative estimate of drug-likeness (QED) is 0.173. The smallest absolute Gasteiger partial charge is 0.136 e. The first kappa shape index (κ1) is 27.7. The van der Waals surface area contributed by atoms with Crippen molar-refractivity contribution in [3.8, 4) is 33.4 Å². The Bertz CT molecular complexity index is 3080. The zero-order valence-corrected chi connectivity index (χ0v) is 27.8. The Kier molecular flexibility index (Phi) is 5.89. The van der Waals surface area contributed by atoms with E-state index in [1.54, 1.807) is 0 Å². The molecule has 0 N–H and O–H groups in total. The Hall–Kier alpha value is -6.22. The fraction of sp³-hybridized carbons (Fsp3) is 0. The number of thiophene rings is 1. The van der Waals surface area contributed by atoms with Gasteiger partial charge in [0.25, 0.3) is 0 Å². The van der Waals surface area contributed by atoms with Crippen LogP contribution in [0, 0.1) is 0 Å². The minimum absolute atomic E-state index is 0.921. The van der Waals surface area contributed by atoms with Crippen molar-refractivity contribution in [2.45, 2.75) is 0 Å². The van der Waals surface area contributed by atoms with Crippen molar-refractivity contribution in [2.24, 2.45) is 0 Å². The predicted octanol–water partition coefficient (Wildman–Crippen LogP) is 14.4. The van der Waals surface area contributed by atoms with Crippen molar-refractivity contribution in [1.29, 1.82) is 0 Å². The number of benzene rings is 9. The summed E-state index contributed by atoms with van der Waals surface area (Å²) in [4.78, 5) is 0. The molecular formula is C48H28OS. The number of furan rings is 1. The lowest BCUT2D eigenvalue weighted by molar-refractivity contribution is 0.669. The van der Waals surface area contributed by atoms with Crippen LogP contribution in [0.5, 0.6) is 0 Å². The first-order valence-electron chi connectivity index (χ1n) is 17.1. The summed E-state index contributed by atoms with van der Waals surface area (Å²) >= 11 is 1.83. The van der Waals surface area contributed by atoms with Crippen LogP contribution in [0.3, 0.4) is 0 Å². The molecule has 0 saturated carbocycles. The third-order valence-corrected chi connectivity index (χ3v) is 11.6. The van der Waals surface area contributed by atoms with Gasteiger partial charge >= 0.3 is 0 Å². The average Bonchev–Trinajstić information content (AvgIpc) is 3.72. The monoisotopic (exact) mass is 652 g/mol. The van der Waals surface area contributed by atoms with Gasteiger partial charge in [-0.15, -0.1) is 11.3 Å². The summed E-state index contributed by atoms with van der Waals surface area (Å²) < 4.78 is 9.06. The normalized spacial score (nSPS) is 12.0. The van der Waals surface area contributed by atoms with Crippen LogP contribution in [0.2, 0.25) is 0 Å². The molecule has 0 unspecified atom stereocenters. The molecule has 0 fully saturated rings. The van der Waals surface area contributed by atoms with Gasteiger partial charge < -0.3 is 4.42 Å². The second kappa shape index (κ2) is 10.6. The topological polar surface area (TPSA) is 13.1 Å². The summed E-state index contributed by atoms with van der Waals surface area (Å²) in [6.07, 6.45) is 0. The van der Waals surface area contributed by atoms with Crippen molar-refractivity contribution in [3.05, 3.63) is 170 Å². The Balaban J connectivity index is 1.03.